The molecule has 0 aromatic carbocycles. The molecule has 2 heterocycles. The van der Waals surface area contributed by atoms with Gasteiger partial charge in [0.05, 0.1) is 18.8 Å². The zero-order chi connectivity index (χ0) is 12.4. The summed E-state index contributed by atoms with van der Waals surface area (Å²) in [6.45, 7) is 8.81. The number of hydrogen-bond donors (Lipinski definition) is 1. The predicted octanol–water partition coefficient (Wildman–Crippen LogP) is 1.22. The second-order valence-electron chi connectivity index (χ2n) is 5.65. The van der Waals surface area contributed by atoms with E-state index in [1.807, 2.05) is 11.8 Å². The summed E-state index contributed by atoms with van der Waals surface area (Å²) in [4.78, 5) is 14.1. The van der Waals surface area contributed by atoms with Crippen LogP contribution in [0.3, 0.4) is 0 Å². The van der Waals surface area contributed by atoms with Gasteiger partial charge >= 0.3 is 0 Å². The zero-order valence-electron chi connectivity index (χ0n) is 11.1. The molecule has 17 heavy (non-hydrogen) atoms. The molecule has 0 bridgehead atoms. The molecule has 2 rings (SSSR count). The van der Waals surface area contributed by atoms with Crippen LogP contribution in [0.4, 0.5) is 0 Å². The molecule has 0 saturated carbocycles. The Morgan fingerprint density at radius 2 is 2.29 bits per heavy atom. The van der Waals surface area contributed by atoms with Crippen molar-refractivity contribution >= 4 is 5.91 Å². The largest absolute Gasteiger partial charge is 0.381 e. The van der Waals surface area contributed by atoms with Crippen molar-refractivity contribution in [3.8, 4) is 0 Å². The smallest absolute Gasteiger partial charge is 0.240 e. The van der Waals surface area contributed by atoms with Crippen LogP contribution in [0.15, 0.2) is 0 Å². The van der Waals surface area contributed by atoms with Crippen molar-refractivity contribution in [1.82, 2.24) is 10.2 Å². The predicted molar refractivity (Wildman–Crippen MR) is 66.5 cm³/mol. The Morgan fingerprint density at radius 1 is 1.53 bits per heavy atom. The minimum absolute atomic E-state index is 0.0353. The molecule has 3 unspecified atom stereocenters. The Balaban J connectivity index is 1.98. The molecular formula is C13H24N2O2. The number of ether oxygens (including phenoxy) is 1. The molecule has 4 nitrogen and oxygen atoms in total. The summed E-state index contributed by atoms with van der Waals surface area (Å²) < 4.78 is 5.49. The first-order valence-corrected chi connectivity index (χ1v) is 6.74. The summed E-state index contributed by atoms with van der Waals surface area (Å²) in [7, 11) is 0. The van der Waals surface area contributed by atoms with E-state index in [0.717, 1.165) is 26.2 Å². The van der Waals surface area contributed by atoms with Crippen molar-refractivity contribution in [3.63, 3.8) is 0 Å². The standard InChI is InChI=1S/C13H24N2O2/c1-9(2)12-14-10(3)13(16)15(12)7-11-5-4-6-17-8-11/h9-12,14H,4-8H2,1-3H3. The lowest BCUT2D eigenvalue weighted by Crippen LogP contribution is -2.44. The highest BCUT2D eigenvalue weighted by Gasteiger charge is 2.38. The van der Waals surface area contributed by atoms with E-state index in [0.29, 0.717) is 11.8 Å². The van der Waals surface area contributed by atoms with Crippen molar-refractivity contribution in [2.24, 2.45) is 11.8 Å². The summed E-state index contributed by atoms with van der Waals surface area (Å²) in [5.41, 5.74) is 0. The molecular weight excluding hydrogens is 216 g/mol. The van der Waals surface area contributed by atoms with Crippen molar-refractivity contribution in [2.75, 3.05) is 19.8 Å². The molecule has 2 fully saturated rings. The molecule has 1 amide bonds. The van der Waals surface area contributed by atoms with Crippen LogP contribution in [0, 0.1) is 11.8 Å². The first kappa shape index (κ1) is 12.8. The van der Waals surface area contributed by atoms with Crippen molar-refractivity contribution < 1.29 is 9.53 Å². The minimum atomic E-state index is -0.0353. The first-order chi connectivity index (χ1) is 8.09. The normalized spacial score (nSPS) is 34.7. The maximum absolute atomic E-state index is 12.1. The van der Waals surface area contributed by atoms with Gasteiger partial charge in [0.25, 0.3) is 0 Å². The van der Waals surface area contributed by atoms with Crippen LogP contribution >= 0.6 is 0 Å². The van der Waals surface area contributed by atoms with E-state index in [9.17, 15) is 4.79 Å². The monoisotopic (exact) mass is 240 g/mol. The lowest BCUT2D eigenvalue weighted by atomic mass is 10.0. The summed E-state index contributed by atoms with van der Waals surface area (Å²) in [6, 6.07) is -0.0353. The van der Waals surface area contributed by atoms with Gasteiger partial charge in [0.1, 0.15) is 0 Å². The summed E-state index contributed by atoms with van der Waals surface area (Å²) >= 11 is 0. The Bertz CT molecular complexity index is 275. The van der Waals surface area contributed by atoms with E-state index in [2.05, 4.69) is 19.2 Å². The van der Waals surface area contributed by atoms with Crippen molar-refractivity contribution in [1.29, 1.82) is 0 Å². The van der Waals surface area contributed by atoms with Crippen LogP contribution in [0.25, 0.3) is 0 Å². The third kappa shape index (κ3) is 2.80. The van der Waals surface area contributed by atoms with Gasteiger partial charge in [-0.25, -0.2) is 0 Å². The van der Waals surface area contributed by atoms with Crippen LogP contribution in [-0.4, -0.2) is 42.8 Å². The third-order valence-corrected chi connectivity index (χ3v) is 3.75. The number of hydrogen-bond acceptors (Lipinski definition) is 3. The third-order valence-electron chi connectivity index (χ3n) is 3.75. The lowest BCUT2D eigenvalue weighted by Gasteiger charge is -2.32. The Morgan fingerprint density at radius 3 is 2.88 bits per heavy atom. The second kappa shape index (κ2) is 5.36. The minimum Gasteiger partial charge on any atom is -0.381 e. The average molecular weight is 240 g/mol. The fraction of sp³-hybridized carbons (Fsp3) is 0.923. The Kier molecular flexibility index (Phi) is 4.05. The topological polar surface area (TPSA) is 41.6 Å². The van der Waals surface area contributed by atoms with Gasteiger partial charge in [-0.3, -0.25) is 10.1 Å². The summed E-state index contributed by atoms with van der Waals surface area (Å²) in [5.74, 6) is 1.21. The van der Waals surface area contributed by atoms with Crippen molar-refractivity contribution in [3.05, 3.63) is 0 Å². The second-order valence-corrected chi connectivity index (χ2v) is 5.65. The van der Waals surface area contributed by atoms with Gasteiger partial charge in [-0.15, -0.1) is 0 Å². The number of nitrogens with one attached hydrogen (secondary N) is 1. The van der Waals surface area contributed by atoms with Gasteiger partial charge in [0.15, 0.2) is 0 Å². The molecule has 0 aromatic heterocycles. The summed E-state index contributed by atoms with van der Waals surface area (Å²) in [5, 5.41) is 3.38. The maximum Gasteiger partial charge on any atom is 0.240 e. The van der Waals surface area contributed by atoms with E-state index < -0.39 is 0 Å². The number of rotatable bonds is 3. The fourth-order valence-electron chi connectivity index (χ4n) is 2.79. The van der Waals surface area contributed by atoms with Crippen LogP contribution in [0.5, 0.6) is 0 Å². The molecule has 0 aromatic rings. The van der Waals surface area contributed by atoms with Gasteiger partial charge in [0, 0.05) is 19.1 Å². The van der Waals surface area contributed by atoms with E-state index in [1.54, 1.807) is 0 Å². The van der Waals surface area contributed by atoms with Gasteiger partial charge < -0.3 is 9.64 Å². The van der Waals surface area contributed by atoms with Crippen LogP contribution in [0.2, 0.25) is 0 Å². The number of nitrogens with zero attached hydrogens (tertiary/aromatic N) is 1. The molecule has 3 atom stereocenters. The first-order valence-electron chi connectivity index (χ1n) is 6.74. The fourth-order valence-corrected chi connectivity index (χ4v) is 2.79. The molecule has 4 heteroatoms. The molecule has 1 N–H and O–H groups in total. The molecule has 2 saturated heterocycles. The highest BCUT2D eigenvalue weighted by molar-refractivity contribution is 5.83. The van der Waals surface area contributed by atoms with E-state index >= 15 is 0 Å². The summed E-state index contributed by atoms with van der Waals surface area (Å²) in [6.07, 6.45) is 2.50. The molecule has 0 aliphatic carbocycles. The van der Waals surface area contributed by atoms with E-state index in [4.69, 9.17) is 4.74 Å². The number of amides is 1. The van der Waals surface area contributed by atoms with Gasteiger partial charge in [0.2, 0.25) is 5.91 Å². The van der Waals surface area contributed by atoms with E-state index in [-0.39, 0.29) is 18.1 Å². The Labute approximate surface area is 104 Å². The van der Waals surface area contributed by atoms with Gasteiger partial charge in [-0.2, -0.15) is 0 Å². The molecule has 0 radical (unpaired) electrons. The highest BCUT2D eigenvalue weighted by atomic mass is 16.5. The molecule has 2 aliphatic heterocycles. The average Bonchev–Trinajstić information content (AvgIpc) is 2.59. The van der Waals surface area contributed by atoms with Crippen LogP contribution in [-0.2, 0) is 9.53 Å². The van der Waals surface area contributed by atoms with Gasteiger partial charge in [-0.05, 0) is 25.7 Å². The SMILES string of the molecule is CC1NC(C(C)C)N(CC2CCCOC2)C1=O. The van der Waals surface area contributed by atoms with Gasteiger partial charge in [-0.1, -0.05) is 13.8 Å². The van der Waals surface area contributed by atoms with Crippen LogP contribution in [0.1, 0.15) is 33.6 Å². The molecule has 2 aliphatic rings. The number of carbonyl (C=O) groups excluding carboxylic acids is 1. The van der Waals surface area contributed by atoms with E-state index in [1.165, 1.54) is 6.42 Å². The lowest BCUT2D eigenvalue weighted by molar-refractivity contribution is -0.131. The highest BCUT2D eigenvalue weighted by Crippen LogP contribution is 2.22. The molecule has 0 spiro atoms. The molecule has 98 valence electrons. The maximum atomic E-state index is 12.1. The van der Waals surface area contributed by atoms with Crippen LogP contribution < -0.4 is 5.32 Å². The quantitative estimate of drug-likeness (QED) is 0.806. The number of carbonyl (C=O) groups is 1. The van der Waals surface area contributed by atoms with Crippen molar-refractivity contribution in [2.45, 2.75) is 45.8 Å². The zero-order valence-corrected chi connectivity index (χ0v) is 11.1. The Hall–Kier alpha value is -0.610.